The summed E-state index contributed by atoms with van der Waals surface area (Å²) >= 11 is 0. The van der Waals surface area contributed by atoms with Gasteiger partial charge in [0.25, 0.3) is 5.56 Å². The molecule has 0 aliphatic heterocycles. The van der Waals surface area contributed by atoms with Crippen molar-refractivity contribution in [2.75, 3.05) is 0 Å². The van der Waals surface area contributed by atoms with E-state index in [1.807, 2.05) is 13.8 Å². The van der Waals surface area contributed by atoms with Gasteiger partial charge >= 0.3 is 15.8 Å². The zero-order chi connectivity index (χ0) is 18.2. The summed E-state index contributed by atoms with van der Waals surface area (Å²) in [6.07, 6.45) is 0. The minimum absolute atomic E-state index is 0.0325. The molecule has 0 N–H and O–H groups in total. The first kappa shape index (κ1) is 18.0. The van der Waals surface area contributed by atoms with Crippen LogP contribution in [0.25, 0.3) is 0 Å². The number of nitrogens with zero attached hydrogens (tertiary/aromatic N) is 2. The molecule has 1 aromatic heterocycles. The molecular formula is C16H20N2O5S. The summed E-state index contributed by atoms with van der Waals surface area (Å²) < 4.78 is 32.5. The Morgan fingerprint density at radius 2 is 1.62 bits per heavy atom. The molecule has 0 unspecified atom stereocenters. The van der Waals surface area contributed by atoms with Gasteiger partial charge in [-0.2, -0.15) is 8.42 Å². The van der Waals surface area contributed by atoms with Gasteiger partial charge in [0, 0.05) is 19.8 Å². The molecule has 0 atom stereocenters. The van der Waals surface area contributed by atoms with Gasteiger partial charge in [-0.25, -0.2) is 4.79 Å². The van der Waals surface area contributed by atoms with Crippen LogP contribution in [0.15, 0.2) is 38.8 Å². The molecule has 0 bridgehead atoms. The smallest absolute Gasteiger partial charge is 0.346 e. The van der Waals surface area contributed by atoms with E-state index in [1.165, 1.54) is 27.1 Å². The van der Waals surface area contributed by atoms with Crippen LogP contribution in [0.4, 0.5) is 0 Å². The molecule has 0 fully saturated rings. The summed E-state index contributed by atoms with van der Waals surface area (Å²) in [6, 6.07) is 6.74. The molecule has 0 saturated heterocycles. The van der Waals surface area contributed by atoms with Gasteiger partial charge in [-0.15, -0.1) is 0 Å². The third-order valence-electron chi connectivity index (χ3n) is 3.89. The van der Waals surface area contributed by atoms with Gasteiger partial charge in [0.1, 0.15) is 5.75 Å². The molecule has 2 aromatic rings. The normalized spacial score (nSPS) is 11.8. The SMILES string of the molecule is Cc1c(S(=O)(=O)Oc2ccccc2C(C)C)c(=O)n(C)c(=O)n1C. The van der Waals surface area contributed by atoms with E-state index in [2.05, 4.69) is 0 Å². The van der Waals surface area contributed by atoms with E-state index < -0.39 is 26.3 Å². The second-order valence-electron chi connectivity index (χ2n) is 5.85. The third-order valence-corrected chi connectivity index (χ3v) is 5.26. The van der Waals surface area contributed by atoms with Crippen LogP contribution in [0, 0.1) is 6.92 Å². The second kappa shape index (κ2) is 6.27. The number of hydrogen-bond donors (Lipinski definition) is 0. The number of aromatic nitrogens is 2. The van der Waals surface area contributed by atoms with Crippen LogP contribution in [0.2, 0.25) is 0 Å². The van der Waals surface area contributed by atoms with E-state index in [9.17, 15) is 18.0 Å². The molecule has 24 heavy (non-hydrogen) atoms. The molecule has 0 aliphatic rings. The van der Waals surface area contributed by atoms with Crippen molar-refractivity contribution in [3.63, 3.8) is 0 Å². The predicted molar refractivity (Wildman–Crippen MR) is 90.0 cm³/mol. The average Bonchev–Trinajstić information content (AvgIpc) is 2.50. The summed E-state index contributed by atoms with van der Waals surface area (Å²) in [6.45, 7) is 5.21. The first-order chi connectivity index (χ1) is 11.1. The van der Waals surface area contributed by atoms with Crippen LogP contribution in [-0.4, -0.2) is 17.6 Å². The first-order valence-electron chi connectivity index (χ1n) is 7.38. The van der Waals surface area contributed by atoms with E-state index in [1.54, 1.807) is 18.2 Å². The van der Waals surface area contributed by atoms with Crippen molar-refractivity contribution < 1.29 is 12.6 Å². The maximum atomic E-state index is 12.7. The number of para-hydroxylation sites is 1. The van der Waals surface area contributed by atoms with Gasteiger partial charge < -0.3 is 4.18 Å². The molecule has 0 radical (unpaired) electrons. The lowest BCUT2D eigenvalue weighted by Crippen LogP contribution is -2.41. The van der Waals surface area contributed by atoms with Crippen LogP contribution in [0.1, 0.15) is 31.0 Å². The van der Waals surface area contributed by atoms with Crippen molar-refractivity contribution in [3.05, 3.63) is 56.4 Å². The van der Waals surface area contributed by atoms with Crippen molar-refractivity contribution in [3.8, 4) is 5.75 Å². The fourth-order valence-electron chi connectivity index (χ4n) is 2.40. The minimum atomic E-state index is -4.39. The Bertz CT molecular complexity index is 1000. The largest absolute Gasteiger partial charge is 0.378 e. The number of benzene rings is 1. The summed E-state index contributed by atoms with van der Waals surface area (Å²) in [5.74, 6) is 0.211. The maximum absolute atomic E-state index is 12.7. The summed E-state index contributed by atoms with van der Waals surface area (Å²) in [5, 5.41) is 0. The Morgan fingerprint density at radius 3 is 2.21 bits per heavy atom. The predicted octanol–water partition coefficient (Wildman–Crippen LogP) is 1.28. The molecule has 0 spiro atoms. The molecule has 0 aliphatic carbocycles. The van der Waals surface area contributed by atoms with Crippen molar-refractivity contribution in [1.82, 2.24) is 9.13 Å². The molecule has 2 rings (SSSR count). The molecule has 1 heterocycles. The van der Waals surface area contributed by atoms with Crippen molar-refractivity contribution in [2.24, 2.45) is 14.1 Å². The highest BCUT2D eigenvalue weighted by molar-refractivity contribution is 7.87. The molecule has 1 aromatic carbocycles. The van der Waals surface area contributed by atoms with Gasteiger partial charge in [-0.1, -0.05) is 32.0 Å². The van der Waals surface area contributed by atoms with Crippen LogP contribution in [-0.2, 0) is 24.2 Å². The standard InChI is InChI=1S/C16H20N2O5S/c1-10(2)12-8-6-7-9-13(12)23-24(21,22)14-11(3)17(4)16(20)18(5)15(14)19/h6-10H,1-5H3. The van der Waals surface area contributed by atoms with Gasteiger partial charge in [-0.3, -0.25) is 13.9 Å². The molecular weight excluding hydrogens is 332 g/mol. The Morgan fingerprint density at radius 1 is 1.04 bits per heavy atom. The summed E-state index contributed by atoms with van der Waals surface area (Å²) in [5.41, 5.74) is -0.762. The lowest BCUT2D eigenvalue weighted by atomic mass is 10.0. The Labute approximate surface area is 140 Å². The Hall–Kier alpha value is -2.35. The third kappa shape index (κ3) is 3.01. The fraction of sp³-hybridized carbons (Fsp3) is 0.375. The van der Waals surface area contributed by atoms with Crippen molar-refractivity contribution in [2.45, 2.75) is 31.6 Å². The van der Waals surface area contributed by atoms with Crippen molar-refractivity contribution >= 4 is 10.1 Å². The lowest BCUT2D eigenvalue weighted by Gasteiger charge is -2.15. The van der Waals surface area contributed by atoms with Crippen molar-refractivity contribution in [1.29, 1.82) is 0 Å². The van der Waals surface area contributed by atoms with Gasteiger partial charge in [0.15, 0.2) is 4.90 Å². The summed E-state index contributed by atoms with van der Waals surface area (Å²) in [4.78, 5) is 23.7. The highest BCUT2D eigenvalue weighted by Gasteiger charge is 2.28. The van der Waals surface area contributed by atoms with E-state index in [4.69, 9.17) is 4.18 Å². The van der Waals surface area contributed by atoms with Crippen LogP contribution < -0.4 is 15.4 Å². The second-order valence-corrected chi connectivity index (χ2v) is 7.33. The lowest BCUT2D eigenvalue weighted by molar-refractivity contribution is 0.474. The molecule has 7 nitrogen and oxygen atoms in total. The molecule has 0 saturated carbocycles. The van der Waals surface area contributed by atoms with Crippen LogP contribution in [0.5, 0.6) is 5.75 Å². The van der Waals surface area contributed by atoms with E-state index in [-0.39, 0.29) is 17.4 Å². The monoisotopic (exact) mass is 352 g/mol. The Balaban J connectivity index is 2.67. The van der Waals surface area contributed by atoms with E-state index in [0.717, 1.165) is 9.13 Å². The van der Waals surface area contributed by atoms with Crippen LogP contribution in [0.3, 0.4) is 0 Å². The topological polar surface area (TPSA) is 87.4 Å². The highest BCUT2D eigenvalue weighted by atomic mass is 32.2. The van der Waals surface area contributed by atoms with E-state index in [0.29, 0.717) is 5.56 Å². The number of hydrogen-bond acceptors (Lipinski definition) is 5. The molecule has 8 heteroatoms. The minimum Gasteiger partial charge on any atom is -0.378 e. The molecule has 130 valence electrons. The average molecular weight is 352 g/mol. The maximum Gasteiger partial charge on any atom is 0.346 e. The highest BCUT2D eigenvalue weighted by Crippen LogP contribution is 2.28. The van der Waals surface area contributed by atoms with Gasteiger partial charge in [0.05, 0.1) is 0 Å². The fourth-order valence-corrected chi connectivity index (χ4v) is 3.72. The summed E-state index contributed by atoms with van der Waals surface area (Å²) in [7, 11) is -1.76. The van der Waals surface area contributed by atoms with Gasteiger partial charge in [-0.05, 0) is 24.5 Å². The number of rotatable bonds is 4. The molecule has 0 amide bonds. The zero-order valence-electron chi connectivity index (χ0n) is 14.2. The first-order valence-corrected chi connectivity index (χ1v) is 8.78. The quantitative estimate of drug-likeness (QED) is 0.774. The van der Waals surface area contributed by atoms with Crippen LogP contribution >= 0.6 is 0 Å². The zero-order valence-corrected chi connectivity index (χ0v) is 15.0. The van der Waals surface area contributed by atoms with E-state index >= 15 is 0 Å². The Kier molecular flexibility index (Phi) is 4.70. The van der Waals surface area contributed by atoms with Gasteiger partial charge in [0.2, 0.25) is 0 Å².